The van der Waals surface area contributed by atoms with Crippen molar-refractivity contribution in [2.45, 2.75) is 51.6 Å². The van der Waals surface area contributed by atoms with E-state index >= 15 is 0 Å². The molecule has 1 aromatic rings. The Kier molecular flexibility index (Phi) is 12.2. The van der Waals surface area contributed by atoms with Crippen LogP contribution >= 0.6 is 35.3 Å². The van der Waals surface area contributed by atoms with Crippen LogP contribution in [0.15, 0.2) is 10.4 Å². The lowest BCUT2D eigenvalue weighted by Gasteiger charge is -2.12. The van der Waals surface area contributed by atoms with Crippen molar-refractivity contribution in [3.05, 3.63) is 11.1 Å². The normalized spacial score (nSPS) is 19.4. The van der Waals surface area contributed by atoms with Crippen molar-refractivity contribution in [1.29, 1.82) is 0 Å². The lowest BCUT2D eigenvalue weighted by atomic mass is 10.2. The summed E-state index contributed by atoms with van der Waals surface area (Å²) >= 11 is 1.76. The Morgan fingerprint density at radius 3 is 2.97 bits per heavy atom. The molecule has 0 amide bonds. The van der Waals surface area contributed by atoms with Crippen LogP contribution in [0.4, 0.5) is 5.13 Å². The zero-order chi connectivity index (χ0) is 19.4. The van der Waals surface area contributed by atoms with Gasteiger partial charge in [0.2, 0.25) is 0 Å². The Hall–Kier alpha value is -0.650. The van der Waals surface area contributed by atoms with Crippen LogP contribution in [0.5, 0.6) is 0 Å². The van der Waals surface area contributed by atoms with Crippen LogP contribution in [0, 0.1) is 0 Å². The van der Waals surface area contributed by atoms with Gasteiger partial charge in [0.1, 0.15) is 0 Å². The highest BCUT2D eigenvalue weighted by Crippen LogP contribution is 2.24. The summed E-state index contributed by atoms with van der Waals surface area (Å²) in [7, 11) is 0. The lowest BCUT2D eigenvalue weighted by Crippen LogP contribution is -2.38. The molecule has 2 aliphatic rings. The number of thiazole rings is 1. The molecule has 29 heavy (non-hydrogen) atoms. The Morgan fingerprint density at radius 2 is 2.21 bits per heavy atom. The van der Waals surface area contributed by atoms with Crippen molar-refractivity contribution >= 4 is 46.4 Å². The van der Waals surface area contributed by atoms with E-state index in [1.165, 1.54) is 18.0 Å². The number of nitrogens with one attached hydrogen (secondary N) is 2. The summed E-state index contributed by atoms with van der Waals surface area (Å²) in [4.78, 5) is 11.8. The maximum absolute atomic E-state index is 5.70. The maximum atomic E-state index is 5.70. The Balaban J connectivity index is 0.00000300. The second kappa shape index (κ2) is 14.4. The largest absolute Gasteiger partial charge is 0.379 e. The quantitative estimate of drug-likeness (QED) is 0.196. The number of hydrogen-bond acceptors (Lipinski definition) is 6. The zero-order valence-corrected chi connectivity index (χ0v) is 20.7. The molecular weight excluding hydrogens is 501 g/mol. The number of rotatable bonds is 11. The van der Waals surface area contributed by atoms with Gasteiger partial charge in [0.15, 0.2) is 11.1 Å². The molecule has 0 bridgehead atoms. The first-order valence-electron chi connectivity index (χ1n) is 10.8. The van der Waals surface area contributed by atoms with Gasteiger partial charge in [-0.1, -0.05) is 0 Å². The molecule has 1 atom stereocenters. The predicted molar refractivity (Wildman–Crippen MR) is 131 cm³/mol. The number of aliphatic imine (C=N–C) groups is 1. The molecule has 9 heteroatoms. The monoisotopic (exact) mass is 537 g/mol. The Morgan fingerprint density at radius 1 is 1.34 bits per heavy atom. The van der Waals surface area contributed by atoms with Crippen LogP contribution in [0.3, 0.4) is 0 Å². The van der Waals surface area contributed by atoms with Crippen molar-refractivity contribution in [2.24, 2.45) is 4.99 Å². The fraction of sp³-hybridized carbons (Fsp3) is 0.800. The van der Waals surface area contributed by atoms with Crippen LogP contribution in [0.2, 0.25) is 0 Å². The molecule has 2 aliphatic heterocycles. The smallest absolute Gasteiger partial charge is 0.191 e. The summed E-state index contributed by atoms with van der Waals surface area (Å²) in [6, 6.07) is 0. The van der Waals surface area contributed by atoms with E-state index in [9.17, 15) is 0 Å². The first kappa shape index (κ1) is 24.6. The van der Waals surface area contributed by atoms with Gasteiger partial charge in [0.25, 0.3) is 0 Å². The number of aromatic nitrogens is 1. The summed E-state index contributed by atoms with van der Waals surface area (Å²) in [6.45, 7) is 9.19. The van der Waals surface area contributed by atoms with Gasteiger partial charge in [-0.2, -0.15) is 0 Å². The second-order valence-electron chi connectivity index (χ2n) is 7.32. The maximum Gasteiger partial charge on any atom is 0.191 e. The van der Waals surface area contributed by atoms with Crippen LogP contribution in [-0.2, 0) is 15.9 Å². The van der Waals surface area contributed by atoms with Crippen molar-refractivity contribution in [3.63, 3.8) is 0 Å². The molecule has 0 radical (unpaired) electrons. The first-order chi connectivity index (χ1) is 13.8. The summed E-state index contributed by atoms with van der Waals surface area (Å²) in [5.41, 5.74) is 1.16. The van der Waals surface area contributed by atoms with Gasteiger partial charge in [-0.25, -0.2) is 4.98 Å². The fourth-order valence-corrected chi connectivity index (χ4v) is 4.38. The topological polar surface area (TPSA) is 71.0 Å². The average molecular weight is 538 g/mol. The second-order valence-corrected chi connectivity index (χ2v) is 8.15. The molecule has 0 aromatic carbocycles. The van der Waals surface area contributed by atoms with Gasteiger partial charge in [0, 0.05) is 57.7 Å². The molecule has 2 N–H and O–H groups in total. The highest BCUT2D eigenvalue weighted by Gasteiger charge is 2.16. The van der Waals surface area contributed by atoms with Gasteiger partial charge in [0.05, 0.1) is 18.4 Å². The zero-order valence-electron chi connectivity index (χ0n) is 17.5. The molecule has 0 saturated carbocycles. The summed E-state index contributed by atoms with van der Waals surface area (Å²) < 4.78 is 11.3. The van der Waals surface area contributed by atoms with Gasteiger partial charge >= 0.3 is 0 Å². The Labute approximate surface area is 196 Å². The van der Waals surface area contributed by atoms with Crippen LogP contribution in [0.25, 0.3) is 0 Å². The van der Waals surface area contributed by atoms with Crippen LogP contribution < -0.4 is 15.5 Å². The van der Waals surface area contributed by atoms with Gasteiger partial charge in [-0.15, -0.1) is 35.3 Å². The van der Waals surface area contributed by atoms with Gasteiger partial charge < -0.3 is 25.0 Å². The van der Waals surface area contributed by atoms with E-state index in [1.807, 2.05) is 0 Å². The van der Waals surface area contributed by atoms with Crippen molar-refractivity contribution < 1.29 is 9.47 Å². The van der Waals surface area contributed by atoms with Gasteiger partial charge in [-0.05, 0) is 39.0 Å². The third-order valence-corrected chi connectivity index (χ3v) is 5.93. The van der Waals surface area contributed by atoms with E-state index in [0.717, 1.165) is 89.9 Å². The number of nitrogens with zero attached hydrogens (tertiary/aromatic N) is 3. The number of ether oxygens (including phenoxy) is 2. The summed E-state index contributed by atoms with van der Waals surface area (Å²) in [5.74, 6) is 0.872. The number of hydrogen-bond donors (Lipinski definition) is 2. The van der Waals surface area contributed by atoms with E-state index < -0.39 is 0 Å². The standard InChI is InChI=1S/C20H35N5O2S.HI/c1-2-21-19(22-9-6-13-26-15-18-7-5-14-27-18)23-10-8-17-16-28-20(24-17)25-11-3-4-12-25;/h16,18H,2-15H2,1H3,(H2,21,22,23);1H. The van der Waals surface area contributed by atoms with Crippen LogP contribution in [-0.4, -0.2) is 69.6 Å². The predicted octanol–water partition coefficient (Wildman–Crippen LogP) is 3.04. The molecule has 0 aliphatic carbocycles. The number of anilines is 1. The fourth-order valence-electron chi connectivity index (χ4n) is 3.46. The third-order valence-electron chi connectivity index (χ3n) is 4.98. The highest BCUT2D eigenvalue weighted by atomic mass is 127. The van der Waals surface area contributed by atoms with E-state index in [-0.39, 0.29) is 24.0 Å². The van der Waals surface area contributed by atoms with Gasteiger partial charge in [-0.3, -0.25) is 4.99 Å². The highest BCUT2D eigenvalue weighted by molar-refractivity contribution is 14.0. The number of guanidine groups is 1. The van der Waals surface area contributed by atoms with E-state index in [4.69, 9.17) is 14.5 Å². The minimum atomic E-state index is 0. The third kappa shape index (κ3) is 8.94. The first-order valence-corrected chi connectivity index (χ1v) is 11.6. The molecular formula is C20H36IN5O2S. The van der Waals surface area contributed by atoms with E-state index in [0.29, 0.717) is 6.10 Å². The summed E-state index contributed by atoms with van der Waals surface area (Å²) in [5, 5.41) is 10.1. The van der Waals surface area contributed by atoms with E-state index in [1.54, 1.807) is 11.3 Å². The minimum absolute atomic E-state index is 0. The van der Waals surface area contributed by atoms with Crippen molar-refractivity contribution in [1.82, 2.24) is 15.6 Å². The van der Waals surface area contributed by atoms with Crippen molar-refractivity contribution in [2.75, 3.05) is 57.4 Å². The molecule has 7 nitrogen and oxygen atoms in total. The molecule has 1 unspecified atom stereocenters. The molecule has 3 heterocycles. The lowest BCUT2D eigenvalue weighted by molar-refractivity contribution is 0.0171. The molecule has 2 fully saturated rings. The SMILES string of the molecule is CCNC(=NCCCOCC1CCCO1)NCCc1csc(N2CCCC2)n1.I. The molecule has 2 saturated heterocycles. The molecule has 3 rings (SSSR count). The van der Waals surface area contributed by atoms with Crippen molar-refractivity contribution in [3.8, 4) is 0 Å². The van der Waals surface area contributed by atoms with Crippen LogP contribution in [0.1, 0.15) is 44.7 Å². The summed E-state index contributed by atoms with van der Waals surface area (Å²) in [6.07, 6.45) is 7.02. The molecule has 0 spiro atoms. The molecule has 1 aromatic heterocycles. The molecule has 166 valence electrons. The average Bonchev–Trinajstić information content (AvgIpc) is 3.47. The number of halogens is 1. The van der Waals surface area contributed by atoms with E-state index in [2.05, 4.69) is 32.8 Å². The Bertz CT molecular complexity index is 589. The minimum Gasteiger partial charge on any atom is -0.379 e.